The monoisotopic (exact) mass is 273 g/mol. The van der Waals surface area contributed by atoms with Gasteiger partial charge in [-0.15, -0.1) is 0 Å². The molecular formula is C19H31N. The molecule has 1 saturated carbocycles. The Labute approximate surface area is 125 Å². The number of aryl methyl sites for hydroxylation is 3. The normalized spacial score (nSPS) is 23.6. The summed E-state index contributed by atoms with van der Waals surface area (Å²) in [5.74, 6) is 1.73. The van der Waals surface area contributed by atoms with Crippen molar-refractivity contribution in [3.8, 4) is 0 Å². The van der Waals surface area contributed by atoms with Gasteiger partial charge in [0.1, 0.15) is 0 Å². The van der Waals surface area contributed by atoms with Crippen molar-refractivity contribution in [1.29, 1.82) is 0 Å². The van der Waals surface area contributed by atoms with Crippen molar-refractivity contribution in [2.24, 2.45) is 11.8 Å². The summed E-state index contributed by atoms with van der Waals surface area (Å²) in [5.41, 5.74) is 6.00. The maximum Gasteiger partial charge on any atom is -0.00208 e. The smallest absolute Gasteiger partial charge is 0.00208 e. The van der Waals surface area contributed by atoms with Gasteiger partial charge in [-0.25, -0.2) is 0 Å². The predicted octanol–water partition coefficient (Wildman–Crippen LogP) is 4.57. The van der Waals surface area contributed by atoms with Crippen LogP contribution in [0.3, 0.4) is 0 Å². The second kappa shape index (κ2) is 7.26. The third kappa shape index (κ3) is 3.85. The number of hydrogen-bond acceptors (Lipinski definition) is 1. The second-order valence-electron chi connectivity index (χ2n) is 6.80. The first-order chi connectivity index (χ1) is 9.61. The van der Waals surface area contributed by atoms with Gasteiger partial charge in [-0.2, -0.15) is 0 Å². The molecule has 1 aromatic rings. The molecule has 20 heavy (non-hydrogen) atoms. The third-order valence-electron chi connectivity index (χ3n) is 5.09. The molecule has 1 fully saturated rings. The van der Waals surface area contributed by atoms with E-state index in [1.807, 2.05) is 0 Å². The fourth-order valence-electron chi connectivity index (χ4n) is 4.05. The van der Waals surface area contributed by atoms with E-state index >= 15 is 0 Å². The van der Waals surface area contributed by atoms with Crippen molar-refractivity contribution < 1.29 is 0 Å². The van der Waals surface area contributed by atoms with Crippen LogP contribution < -0.4 is 5.32 Å². The van der Waals surface area contributed by atoms with Crippen LogP contribution in [0.5, 0.6) is 0 Å². The zero-order valence-corrected chi connectivity index (χ0v) is 13.8. The van der Waals surface area contributed by atoms with Gasteiger partial charge in [0, 0.05) is 0 Å². The first kappa shape index (κ1) is 15.6. The highest BCUT2D eigenvalue weighted by Gasteiger charge is 2.24. The van der Waals surface area contributed by atoms with Crippen LogP contribution in [-0.4, -0.2) is 13.6 Å². The van der Waals surface area contributed by atoms with Crippen molar-refractivity contribution in [2.75, 3.05) is 13.6 Å². The number of benzene rings is 1. The van der Waals surface area contributed by atoms with E-state index in [-0.39, 0.29) is 0 Å². The quantitative estimate of drug-likeness (QED) is 0.792. The molecule has 1 aliphatic rings. The summed E-state index contributed by atoms with van der Waals surface area (Å²) in [5, 5.41) is 3.42. The molecular weight excluding hydrogens is 242 g/mol. The van der Waals surface area contributed by atoms with E-state index in [4.69, 9.17) is 0 Å². The summed E-state index contributed by atoms with van der Waals surface area (Å²) < 4.78 is 0. The molecule has 112 valence electrons. The molecule has 0 aliphatic heterocycles. The molecule has 1 aliphatic carbocycles. The number of rotatable bonds is 4. The van der Waals surface area contributed by atoms with Gasteiger partial charge in [-0.05, 0) is 82.2 Å². The maximum atomic E-state index is 3.42. The van der Waals surface area contributed by atoms with Crippen LogP contribution in [0, 0.1) is 32.6 Å². The van der Waals surface area contributed by atoms with Gasteiger partial charge >= 0.3 is 0 Å². The van der Waals surface area contributed by atoms with E-state index in [0.717, 1.165) is 11.8 Å². The van der Waals surface area contributed by atoms with Crippen LogP contribution >= 0.6 is 0 Å². The average molecular weight is 273 g/mol. The predicted molar refractivity (Wildman–Crippen MR) is 88.3 cm³/mol. The first-order valence-corrected chi connectivity index (χ1v) is 8.33. The van der Waals surface area contributed by atoms with E-state index < -0.39 is 0 Å². The molecule has 1 N–H and O–H groups in total. The van der Waals surface area contributed by atoms with Crippen LogP contribution in [-0.2, 0) is 6.42 Å². The SMILES string of the molecule is CNCC1CCCCCC1Cc1c(C)cc(C)cc1C. The Balaban J connectivity index is 2.17. The minimum atomic E-state index is 0.864. The average Bonchev–Trinajstić information content (AvgIpc) is 2.60. The van der Waals surface area contributed by atoms with Gasteiger partial charge in [0.25, 0.3) is 0 Å². The molecule has 0 bridgehead atoms. The fourth-order valence-corrected chi connectivity index (χ4v) is 4.05. The Morgan fingerprint density at radius 1 is 0.950 bits per heavy atom. The van der Waals surface area contributed by atoms with Gasteiger partial charge in [0.15, 0.2) is 0 Å². The Kier molecular flexibility index (Phi) is 5.65. The summed E-state index contributed by atoms with van der Waals surface area (Å²) in [6, 6.07) is 4.71. The lowest BCUT2D eigenvalue weighted by molar-refractivity contribution is 0.303. The molecule has 0 aromatic heterocycles. The van der Waals surface area contributed by atoms with E-state index in [2.05, 4.69) is 45.3 Å². The van der Waals surface area contributed by atoms with Gasteiger partial charge in [-0.3, -0.25) is 0 Å². The number of nitrogens with one attached hydrogen (secondary N) is 1. The Hall–Kier alpha value is -0.820. The van der Waals surface area contributed by atoms with Crippen LogP contribution in [0.25, 0.3) is 0 Å². The molecule has 1 nitrogen and oxygen atoms in total. The minimum Gasteiger partial charge on any atom is -0.319 e. The van der Waals surface area contributed by atoms with Crippen molar-refractivity contribution >= 4 is 0 Å². The van der Waals surface area contributed by atoms with Gasteiger partial charge in [0.05, 0.1) is 0 Å². The Bertz CT molecular complexity index is 412. The fraction of sp³-hybridized carbons (Fsp3) is 0.684. The van der Waals surface area contributed by atoms with Crippen LogP contribution in [0.2, 0.25) is 0 Å². The van der Waals surface area contributed by atoms with Crippen molar-refractivity contribution in [3.63, 3.8) is 0 Å². The molecule has 0 heterocycles. The topological polar surface area (TPSA) is 12.0 Å². The van der Waals surface area contributed by atoms with Crippen LogP contribution in [0.15, 0.2) is 12.1 Å². The van der Waals surface area contributed by atoms with Crippen LogP contribution in [0.4, 0.5) is 0 Å². The highest BCUT2D eigenvalue weighted by molar-refractivity contribution is 5.37. The van der Waals surface area contributed by atoms with E-state index in [1.165, 1.54) is 61.8 Å². The van der Waals surface area contributed by atoms with Gasteiger partial charge < -0.3 is 5.32 Å². The molecule has 0 saturated heterocycles. The molecule has 0 radical (unpaired) electrons. The lowest BCUT2D eigenvalue weighted by Crippen LogP contribution is -2.27. The summed E-state index contributed by atoms with van der Waals surface area (Å²) in [6.45, 7) is 7.98. The second-order valence-corrected chi connectivity index (χ2v) is 6.80. The highest BCUT2D eigenvalue weighted by Crippen LogP contribution is 2.32. The zero-order valence-electron chi connectivity index (χ0n) is 13.8. The first-order valence-electron chi connectivity index (χ1n) is 8.33. The van der Waals surface area contributed by atoms with E-state index in [0.29, 0.717) is 0 Å². The lowest BCUT2D eigenvalue weighted by Gasteiger charge is -2.26. The molecule has 2 unspecified atom stereocenters. The Morgan fingerprint density at radius 3 is 2.15 bits per heavy atom. The van der Waals surface area contributed by atoms with Gasteiger partial charge in [-0.1, -0.05) is 37.0 Å². The third-order valence-corrected chi connectivity index (χ3v) is 5.09. The minimum absolute atomic E-state index is 0.864. The summed E-state index contributed by atoms with van der Waals surface area (Å²) in [4.78, 5) is 0. The number of hydrogen-bond donors (Lipinski definition) is 1. The molecule has 1 heteroatoms. The van der Waals surface area contributed by atoms with Crippen LogP contribution in [0.1, 0.15) is 54.4 Å². The van der Waals surface area contributed by atoms with Crippen molar-refractivity contribution in [2.45, 2.75) is 59.3 Å². The standard InChI is InChI=1S/C19H31N/c1-14-10-15(2)19(16(3)11-14)12-17-8-6-5-7-9-18(17)13-20-4/h10-11,17-18,20H,5-9,12-13H2,1-4H3. The molecule has 1 aromatic carbocycles. The lowest BCUT2D eigenvalue weighted by atomic mass is 9.81. The molecule has 2 atom stereocenters. The molecule has 0 amide bonds. The largest absolute Gasteiger partial charge is 0.319 e. The van der Waals surface area contributed by atoms with E-state index in [9.17, 15) is 0 Å². The zero-order chi connectivity index (χ0) is 14.5. The maximum absolute atomic E-state index is 3.42. The highest BCUT2D eigenvalue weighted by atomic mass is 14.8. The van der Waals surface area contributed by atoms with E-state index in [1.54, 1.807) is 5.56 Å². The molecule has 2 rings (SSSR count). The van der Waals surface area contributed by atoms with Crippen molar-refractivity contribution in [3.05, 3.63) is 34.4 Å². The molecule has 0 spiro atoms. The Morgan fingerprint density at radius 2 is 1.55 bits per heavy atom. The van der Waals surface area contributed by atoms with Crippen molar-refractivity contribution in [1.82, 2.24) is 5.32 Å². The summed E-state index contributed by atoms with van der Waals surface area (Å²) >= 11 is 0. The van der Waals surface area contributed by atoms with Gasteiger partial charge in [0.2, 0.25) is 0 Å². The summed E-state index contributed by atoms with van der Waals surface area (Å²) in [6.07, 6.45) is 8.39. The summed E-state index contributed by atoms with van der Waals surface area (Å²) in [7, 11) is 2.10.